The molecule has 0 amide bonds. The molecular formula is C17H16O7. The zero-order chi connectivity index (χ0) is 18.3. The minimum Gasteiger partial charge on any atom is -0.507 e. The van der Waals surface area contributed by atoms with Crippen molar-refractivity contribution in [2.45, 2.75) is 13.8 Å². The molecule has 24 heavy (non-hydrogen) atoms. The number of ether oxygens (including phenoxy) is 1. The fourth-order valence-electron chi connectivity index (χ4n) is 1.72. The van der Waals surface area contributed by atoms with Crippen LogP contribution in [0.3, 0.4) is 0 Å². The number of benzene rings is 2. The molecule has 2 aromatic carbocycles. The molecular weight excluding hydrogens is 316 g/mol. The number of aryl methyl sites for hydroxylation is 1. The predicted molar refractivity (Wildman–Crippen MR) is 84.5 cm³/mol. The molecule has 2 aromatic rings. The monoisotopic (exact) mass is 332 g/mol. The normalized spacial score (nSPS) is 9.42. The van der Waals surface area contributed by atoms with E-state index < -0.39 is 17.9 Å². The number of carbonyl (C=O) groups is 3. The van der Waals surface area contributed by atoms with Crippen LogP contribution in [0.5, 0.6) is 11.5 Å². The van der Waals surface area contributed by atoms with Gasteiger partial charge in [-0.1, -0.05) is 24.3 Å². The molecule has 2 rings (SSSR count). The number of para-hydroxylation sites is 2. The van der Waals surface area contributed by atoms with Crippen LogP contribution in [0.4, 0.5) is 0 Å². The van der Waals surface area contributed by atoms with Gasteiger partial charge < -0.3 is 20.1 Å². The van der Waals surface area contributed by atoms with Gasteiger partial charge in [-0.05, 0) is 30.7 Å². The van der Waals surface area contributed by atoms with E-state index in [1.54, 1.807) is 31.2 Å². The van der Waals surface area contributed by atoms with Gasteiger partial charge in [0.25, 0.3) is 0 Å². The summed E-state index contributed by atoms with van der Waals surface area (Å²) >= 11 is 0. The fraction of sp³-hybridized carbons (Fsp3) is 0.118. The SMILES string of the molecule is CC(=O)Oc1ccccc1C(=O)O.Cc1cccc(C(=O)O)c1O. The Labute approximate surface area is 137 Å². The van der Waals surface area contributed by atoms with Gasteiger partial charge in [0.1, 0.15) is 22.6 Å². The van der Waals surface area contributed by atoms with E-state index in [1.807, 2.05) is 0 Å². The average molecular weight is 332 g/mol. The summed E-state index contributed by atoms with van der Waals surface area (Å²) in [6.45, 7) is 2.88. The predicted octanol–water partition coefficient (Wildman–Crippen LogP) is 2.71. The molecule has 0 atom stereocenters. The van der Waals surface area contributed by atoms with Gasteiger partial charge in [-0.25, -0.2) is 9.59 Å². The molecule has 0 saturated carbocycles. The quantitative estimate of drug-likeness (QED) is 0.583. The lowest BCUT2D eigenvalue weighted by Crippen LogP contribution is -2.06. The first-order valence-corrected chi connectivity index (χ1v) is 6.76. The van der Waals surface area contributed by atoms with Crippen LogP contribution in [0, 0.1) is 6.92 Å². The molecule has 0 spiro atoms. The van der Waals surface area contributed by atoms with Crippen molar-refractivity contribution in [3.63, 3.8) is 0 Å². The van der Waals surface area contributed by atoms with Crippen molar-refractivity contribution in [3.8, 4) is 11.5 Å². The molecule has 0 fully saturated rings. The summed E-state index contributed by atoms with van der Waals surface area (Å²) in [7, 11) is 0. The number of rotatable bonds is 3. The van der Waals surface area contributed by atoms with Crippen molar-refractivity contribution < 1.29 is 34.4 Å². The Bertz CT molecular complexity index is 765. The number of carboxylic acids is 2. The summed E-state index contributed by atoms with van der Waals surface area (Å²) in [6, 6.07) is 10.6. The number of aromatic carboxylic acids is 2. The average Bonchev–Trinajstić information content (AvgIpc) is 2.50. The molecule has 0 unspecified atom stereocenters. The number of hydrogen-bond acceptors (Lipinski definition) is 5. The molecule has 0 saturated heterocycles. The largest absolute Gasteiger partial charge is 0.507 e. The molecule has 0 aliphatic rings. The van der Waals surface area contributed by atoms with Crippen molar-refractivity contribution >= 4 is 17.9 Å². The van der Waals surface area contributed by atoms with Crippen LogP contribution in [0.2, 0.25) is 0 Å². The molecule has 7 heteroatoms. The number of carbonyl (C=O) groups excluding carboxylic acids is 1. The zero-order valence-corrected chi connectivity index (χ0v) is 13.0. The van der Waals surface area contributed by atoms with Crippen molar-refractivity contribution in [1.82, 2.24) is 0 Å². The minimum atomic E-state index is -1.11. The highest BCUT2D eigenvalue weighted by molar-refractivity contribution is 5.92. The fourth-order valence-corrected chi connectivity index (χ4v) is 1.72. The number of hydrogen-bond donors (Lipinski definition) is 3. The Kier molecular flexibility index (Phi) is 6.49. The van der Waals surface area contributed by atoms with E-state index in [2.05, 4.69) is 4.74 Å². The maximum atomic E-state index is 10.6. The second-order valence-electron chi connectivity index (χ2n) is 4.67. The molecule has 0 radical (unpaired) electrons. The Balaban J connectivity index is 0.000000243. The Hall–Kier alpha value is -3.35. The van der Waals surface area contributed by atoms with Crippen molar-refractivity contribution in [2.24, 2.45) is 0 Å². The van der Waals surface area contributed by atoms with Gasteiger partial charge in [0.05, 0.1) is 0 Å². The third-order valence-electron chi connectivity index (χ3n) is 2.84. The lowest BCUT2D eigenvalue weighted by molar-refractivity contribution is -0.131. The molecule has 0 aliphatic carbocycles. The molecule has 0 aliphatic heterocycles. The molecule has 0 bridgehead atoms. The number of phenols is 1. The third kappa shape index (κ3) is 5.13. The van der Waals surface area contributed by atoms with Gasteiger partial charge in [-0.3, -0.25) is 4.79 Å². The van der Waals surface area contributed by atoms with E-state index in [9.17, 15) is 19.5 Å². The second-order valence-corrected chi connectivity index (χ2v) is 4.67. The number of carboxylic acid groups (broad SMARTS) is 2. The highest BCUT2D eigenvalue weighted by Gasteiger charge is 2.11. The van der Waals surface area contributed by atoms with E-state index in [4.69, 9.17) is 10.2 Å². The summed E-state index contributed by atoms with van der Waals surface area (Å²) in [4.78, 5) is 31.6. The van der Waals surface area contributed by atoms with Gasteiger partial charge >= 0.3 is 17.9 Å². The van der Waals surface area contributed by atoms with Crippen molar-refractivity contribution in [1.29, 1.82) is 0 Å². The first-order valence-electron chi connectivity index (χ1n) is 6.76. The lowest BCUT2D eigenvalue weighted by atomic mass is 10.1. The van der Waals surface area contributed by atoms with Crippen LogP contribution in [0.15, 0.2) is 42.5 Å². The van der Waals surface area contributed by atoms with Crippen LogP contribution in [0.1, 0.15) is 33.2 Å². The highest BCUT2D eigenvalue weighted by Crippen LogP contribution is 2.20. The van der Waals surface area contributed by atoms with E-state index in [1.165, 1.54) is 25.1 Å². The van der Waals surface area contributed by atoms with E-state index in [0.717, 1.165) is 0 Å². The Morgan fingerprint density at radius 3 is 1.92 bits per heavy atom. The Morgan fingerprint density at radius 2 is 1.42 bits per heavy atom. The van der Waals surface area contributed by atoms with Gasteiger partial charge in [0, 0.05) is 6.92 Å². The first kappa shape index (κ1) is 18.7. The van der Waals surface area contributed by atoms with Crippen molar-refractivity contribution in [3.05, 3.63) is 59.2 Å². The molecule has 126 valence electrons. The molecule has 0 aromatic heterocycles. The summed E-state index contributed by atoms with van der Waals surface area (Å²) in [6.07, 6.45) is 0. The topological polar surface area (TPSA) is 121 Å². The lowest BCUT2D eigenvalue weighted by Gasteiger charge is -2.03. The van der Waals surface area contributed by atoms with Gasteiger partial charge in [0.15, 0.2) is 0 Å². The number of aromatic hydroxyl groups is 1. The smallest absolute Gasteiger partial charge is 0.339 e. The van der Waals surface area contributed by atoms with Crippen LogP contribution < -0.4 is 4.74 Å². The highest BCUT2D eigenvalue weighted by atomic mass is 16.5. The van der Waals surface area contributed by atoms with E-state index in [-0.39, 0.29) is 22.6 Å². The molecule has 0 heterocycles. The van der Waals surface area contributed by atoms with Crippen molar-refractivity contribution in [2.75, 3.05) is 0 Å². The zero-order valence-electron chi connectivity index (χ0n) is 13.0. The Morgan fingerprint density at radius 1 is 0.875 bits per heavy atom. The van der Waals surface area contributed by atoms with E-state index >= 15 is 0 Å². The van der Waals surface area contributed by atoms with Gasteiger partial charge in [-0.2, -0.15) is 0 Å². The van der Waals surface area contributed by atoms with Crippen LogP contribution in [-0.4, -0.2) is 33.2 Å². The van der Waals surface area contributed by atoms with Crippen LogP contribution >= 0.6 is 0 Å². The minimum absolute atomic E-state index is 0.0160. The standard InChI is InChI=1S/C9H8O4.C8H8O3/c1-6(10)13-8-5-3-2-4-7(8)9(11)12;1-5-3-2-4-6(7(5)9)8(10)11/h2-5H,1H3,(H,11,12);2-4,9H,1H3,(H,10,11). The van der Waals surface area contributed by atoms with Crippen LogP contribution in [-0.2, 0) is 4.79 Å². The molecule has 7 nitrogen and oxygen atoms in total. The summed E-state index contributed by atoms with van der Waals surface area (Å²) in [5.41, 5.74) is 0.507. The maximum Gasteiger partial charge on any atom is 0.339 e. The molecule has 3 N–H and O–H groups in total. The summed E-state index contributed by atoms with van der Waals surface area (Å²) < 4.78 is 4.69. The summed E-state index contributed by atoms with van der Waals surface area (Å²) in [5.74, 6) is -2.83. The third-order valence-corrected chi connectivity index (χ3v) is 2.84. The van der Waals surface area contributed by atoms with E-state index in [0.29, 0.717) is 5.56 Å². The maximum absolute atomic E-state index is 10.6. The first-order chi connectivity index (χ1) is 11.2. The van der Waals surface area contributed by atoms with Gasteiger partial charge in [0.2, 0.25) is 0 Å². The second kappa shape index (κ2) is 8.33. The van der Waals surface area contributed by atoms with Crippen LogP contribution in [0.25, 0.3) is 0 Å². The summed E-state index contributed by atoms with van der Waals surface area (Å²) in [5, 5.41) is 26.4. The number of esters is 1. The van der Waals surface area contributed by atoms with Gasteiger partial charge in [-0.15, -0.1) is 0 Å².